The third kappa shape index (κ3) is 1.95. The first-order valence-corrected chi connectivity index (χ1v) is 12.4. The van der Waals surface area contributed by atoms with Gasteiger partial charge in [0.05, 0.1) is 0 Å². The number of hydrogen-bond acceptors (Lipinski definition) is 0. The summed E-state index contributed by atoms with van der Waals surface area (Å²) in [5.41, 5.74) is 11.4. The highest BCUT2D eigenvalue weighted by atomic mass is 14.4. The Hall–Kier alpha value is -3.64. The molecule has 0 radical (unpaired) electrons. The van der Waals surface area contributed by atoms with E-state index in [0.717, 1.165) is 0 Å². The average molecular weight is 435 g/mol. The number of fused-ring (bicyclic) bond motifs is 6. The molecule has 0 fully saturated rings. The van der Waals surface area contributed by atoms with Gasteiger partial charge in [0, 0.05) is 10.8 Å². The SMILES string of the molecule is CC1(C)c2ccccc2-c2c1cc1cc3c4c(ccc5ccc2c1c54)C(C)(C)c1ccccc1-3. The first kappa shape index (κ1) is 18.7. The first-order valence-electron chi connectivity index (χ1n) is 12.4. The van der Waals surface area contributed by atoms with Gasteiger partial charge < -0.3 is 0 Å². The Morgan fingerprint density at radius 2 is 1.09 bits per heavy atom. The van der Waals surface area contributed by atoms with Crippen LogP contribution < -0.4 is 0 Å². The molecule has 0 unspecified atom stereocenters. The fraction of sp³-hybridized carbons (Fsp3) is 0.176. The molecule has 8 rings (SSSR count). The van der Waals surface area contributed by atoms with Gasteiger partial charge in [-0.2, -0.15) is 0 Å². The maximum atomic E-state index is 2.50. The Labute approximate surface area is 200 Å². The Morgan fingerprint density at radius 3 is 1.88 bits per heavy atom. The van der Waals surface area contributed by atoms with Crippen LogP contribution in [-0.4, -0.2) is 0 Å². The van der Waals surface area contributed by atoms with Crippen molar-refractivity contribution in [3.05, 3.63) is 107 Å². The fourth-order valence-electron chi connectivity index (χ4n) is 7.31. The van der Waals surface area contributed by atoms with Crippen LogP contribution in [0.1, 0.15) is 49.9 Å². The molecule has 34 heavy (non-hydrogen) atoms. The second kappa shape index (κ2) is 5.70. The van der Waals surface area contributed by atoms with Crippen molar-refractivity contribution < 1.29 is 0 Å². The van der Waals surface area contributed by atoms with E-state index >= 15 is 0 Å². The Balaban J connectivity index is 1.65. The Kier molecular flexibility index (Phi) is 3.14. The summed E-state index contributed by atoms with van der Waals surface area (Å²) in [7, 11) is 0. The highest BCUT2D eigenvalue weighted by molar-refractivity contribution is 6.30. The standard InChI is InChI=1S/C34H26/c1-33(2)25-11-7-5-9-21(25)24-17-20-18-28-31(22-10-6-8-12-26(22)34(28,3)4)23-15-13-19-14-16-27(33)32(24)30(19)29(20)23/h5-18H,1-4H3. The molecule has 0 nitrogen and oxygen atoms in total. The monoisotopic (exact) mass is 434 g/mol. The Bertz CT molecular complexity index is 1840. The lowest BCUT2D eigenvalue weighted by Crippen LogP contribution is -2.23. The van der Waals surface area contributed by atoms with Gasteiger partial charge in [-0.25, -0.2) is 0 Å². The predicted molar refractivity (Wildman–Crippen MR) is 145 cm³/mol. The summed E-state index contributed by atoms with van der Waals surface area (Å²) >= 11 is 0. The molecule has 0 aliphatic heterocycles. The molecular weight excluding hydrogens is 408 g/mol. The number of hydrogen-bond donors (Lipinski definition) is 0. The van der Waals surface area contributed by atoms with Crippen molar-refractivity contribution in [3.63, 3.8) is 0 Å². The summed E-state index contributed by atoms with van der Waals surface area (Å²) in [5, 5.41) is 8.44. The zero-order chi connectivity index (χ0) is 23.0. The van der Waals surface area contributed by atoms with Gasteiger partial charge in [-0.05, 0) is 89.0 Å². The topological polar surface area (TPSA) is 0 Å². The average Bonchev–Trinajstić information content (AvgIpc) is 3.08. The van der Waals surface area contributed by atoms with Crippen LogP contribution in [0.4, 0.5) is 0 Å². The quantitative estimate of drug-likeness (QED) is 0.209. The van der Waals surface area contributed by atoms with Crippen molar-refractivity contribution in [3.8, 4) is 22.3 Å². The van der Waals surface area contributed by atoms with Crippen LogP contribution in [0, 0.1) is 0 Å². The lowest BCUT2D eigenvalue weighted by molar-refractivity contribution is 0.645. The molecule has 6 aromatic rings. The molecule has 0 amide bonds. The van der Waals surface area contributed by atoms with E-state index in [9.17, 15) is 0 Å². The molecule has 2 aliphatic carbocycles. The van der Waals surface area contributed by atoms with Crippen LogP contribution in [0.5, 0.6) is 0 Å². The van der Waals surface area contributed by atoms with E-state index in [1.165, 1.54) is 76.8 Å². The molecule has 0 saturated carbocycles. The van der Waals surface area contributed by atoms with Crippen molar-refractivity contribution in [2.75, 3.05) is 0 Å². The molecule has 0 spiro atoms. The maximum Gasteiger partial charge on any atom is 0.0159 e. The molecular formula is C34H26. The van der Waals surface area contributed by atoms with Gasteiger partial charge in [0.25, 0.3) is 0 Å². The zero-order valence-electron chi connectivity index (χ0n) is 20.1. The first-order chi connectivity index (χ1) is 16.4. The molecule has 0 heterocycles. The molecule has 0 aromatic heterocycles. The fourth-order valence-corrected chi connectivity index (χ4v) is 7.31. The van der Waals surface area contributed by atoms with Crippen LogP contribution in [0.3, 0.4) is 0 Å². The van der Waals surface area contributed by atoms with Gasteiger partial charge in [-0.15, -0.1) is 0 Å². The molecule has 0 heteroatoms. The third-order valence-electron chi connectivity index (χ3n) is 8.99. The van der Waals surface area contributed by atoms with Crippen molar-refractivity contribution in [1.29, 1.82) is 0 Å². The molecule has 6 aromatic carbocycles. The number of benzene rings is 6. The van der Waals surface area contributed by atoms with Crippen molar-refractivity contribution in [1.82, 2.24) is 0 Å². The lowest BCUT2D eigenvalue weighted by atomic mass is 9.67. The Morgan fingerprint density at radius 1 is 0.441 bits per heavy atom. The molecule has 0 atom stereocenters. The van der Waals surface area contributed by atoms with E-state index in [-0.39, 0.29) is 10.8 Å². The van der Waals surface area contributed by atoms with E-state index in [0.29, 0.717) is 0 Å². The van der Waals surface area contributed by atoms with Crippen molar-refractivity contribution in [2.24, 2.45) is 0 Å². The van der Waals surface area contributed by atoms with Gasteiger partial charge in [-0.3, -0.25) is 0 Å². The van der Waals surface area contributed by atoms with Crippen LogP contribution in [0.25, 0.3) is 54.6 Å². The van der Waals surface area contributed by atoms with Gasteiger partial charge >= 0.3 is 0 Å². The van der Waals surface area contributed by atoms with E-state index in [2.05, 4.69) is 113 Å². The molecule has 0 saturated heterocycles. The molecule has 0 bridgehead atoms. The smallest absolute Gasteiger partial charge is 0.0159 e. The molecule has 0 N–H and O–H groups in total. The summed E-state index contributed by atoms with van der Waals surface area (Å²) in [6.45, 7) is 9.54. The van der Waals surface area contributed by atoms with Crippen molar-refractivity contribution in [2.45, 2.75) is 38.5 Å². The largest absolute Gasteiger partial charge is 0.0619 e. The summed E-state index contributed by atoms with van der Waals surface area (Å²) in [4.78, 5) is 0. The minimum Gasteiger partial charge on any atom is -0.0619 e. The maximum absolute atomic E-state index is 2.50. The van der Waals surface area contributed by atoms with Crippen LogP contribution in [-0.2, 0) is 10.8 Å². The zero-order valence-corrected chi connectivity index (χ0v) is 20.1. The third-order valence-corrected chi connectivity index (χ3v) is 8.99. The highest BCUT2D eigenvalue weighted by Gasteiger charge is 2.38. The summed E-state index contributed by atoms with van der Waals surface area (Å²) in [6.07, 6.45) is 0. The van der Waals surface area contributed by atoms with Crippen LogP contribution in [0.15, 0.2) is 84.9 Å². The van der Waals surface area contributed by atoms with E-state index < -0.39 is 0 Å². The predicted octanol–water partition coefficient (Wildman–Crippen LogP) is 9.20. The lowest BCUT2D eigenvalue weighted by Gasteiger charge is -2.36. The minimum absolute atomic E-state index is 0.00132. The summed E-state index contributed by atoms with van der Waals surface area (Å²) < 4.78 is 0. The van der Waals surface area contributed by atoms with E-state index in [4.69, 9.17) is 0 Å². The van der Waals surface area contributed by atoms with Crippen LogP contribution >= 0.6 is 0 Å². The summed E-state index contributed by atoms with van der Waals surface area (Å²) in [5.74, 6) is 0. The second-order valence-corrected chi connectivity index (χ2v) is 11.4. The second-order valence-electron chi connectivity index (χ2n) is 11.4. The van der Waals surface area contributed by atoms with Gasteiger partial charge in [0.1, 0.15) is 0 Å². The van der Waals surface area contributed by atoms with Gasteiger partial charge in [-0.1, -0.05) is 100 Å². The highest BCUT2D eigenvalue weighted by Crippen LogP contribution is 2.56. The van der Waals surface area contributed by atoms with E-state index in [1.807, 2.05) is 0 Å². The van der Waals surface area contributed by atoms with Gasteiger partial charge in [0.15, 0.2) is 0 Å². The molecule has 2 aliphatic rings. The summed E-state index contributed by atoms with van der Waals surface area (Å²) in [6, 6.07) is 32.5. The van der Waals surface area contributed by atoms with Crippen LogP contribution in [0.2, 0.25) is 0 Å². The minimum atomic E-state index is -0.0254. The molecule has 162 valence electrons. The number of rotatable bonds is 0. The normalized spacial score (nSPS) is 16.7. The van der Waals surface area contributed by atoms with E-state index in [1.54, 1.807) is 0 Å². The van der Waals surface area contributed by atoms with Gasteiger partial charge in [0.2, 0.25) is 0 Å². The van der Waals surface area contributed by atoms with Crippen molar-refractivity contribution >= 4 is 32.3 Å².